The van der Waals surface area contributed by atoms with E-state index < -0.39 is 0 Å². The number of nitrogens with zero attached hydrogens (tertiary/aromatic N) is 2. The van der Waals surface area contributed by atoms with Crippen molar-refractivity contribution < 1.29 is 9.90 Å². The highest BCUT2D eigenvalue weighted by atomic mass is 35.5. The molecule has 2 rings (SSSR count). The molecule has 0 saturated heterocycles. The minimum Gasteiger partial charge on any atom is -0.506 e. The molecule has 1 aliphatic rings. The molecule has 20 heavy (non-hydrogen) atoms. The molecular weight excluding hydrogens is 301 g/mol. The predicted octanol–water partition coefficient (Wildman–Crippen LogP) is 2.63. The second-order valence-corrected chi connectivity index (χ2v) is 5.21. The van der Waals surface area contributed by atoms with Gasteiger partial charge in [0.05, 0.1) is 10.9 Å². The minimum atomic E-state index is -0.167. The fourth-order valence-electron chi connectivity index (χ4n) is 1.80. The standard InChI is InChI=1S/C13H13Cl2N3O2/c14-10-4-9(12(19)11(15)5-10)6-16-3-1-2-8-7-17-18-13(8)20/h4-8,19H,1-3H2,(H,18,20). The molecule has 0 aliphatic carbocycles. The van der Waals surface area contributed by atoms with Crippen molar-refractivity contribution in [2.45, 2.75) is 12.8 Å². The van der Waals surface area contributed by atoms with E-state index in [-0.39, 0.29) is 22.6 Å². The first-order chi connectivity index (χ1) is 9.58. The van der Waals surface area contributed by atoms with E-state index in [1.807, 2.05) is 0 Å². The van der Waals surface area contributed by atoms with Crippen LogP contribution in [0.15, 0.2) is 22.2 Å². The summed E-state index contributed by atoms with van der Waals surface area (Å²) >= 11 is 11.7. The molecule has 0 aromatic heterocycles. The topological polar surface area (TPSA) is 74.0 Å². The van der Waals surface area contributed by atoms with Crippen molar-refractivity contribution in [2.75, 3.05) is 6.54 Å². The third-order valence-electron chi connectivity index (χ3n) is 2.86. The van der Waals surface area contributed by atoms with Crippen LogP contribution in [0, 0.1) is 5.92 Å². The van der Waals surface area contributed by atoms with E-state index in [9.17, 15) is 9.90 Å². The smallest absolute Gasteiger partial charge is 0.248 e. The molecule has 1 aliphatic heterocycles. The summed E-state index contributed by atoms with van der Waals surface area (Å²) in [6.45, 7) is 0.543. The normalized spacial score (nSPS) is 17.9. The van der Waals surface area contributed by atoms with Crippen molar-refractivity contribution in [3.63, 3.8) is 0 Å². The minimum absolute atomic E-state index is 0.0397. The van der Waals surface area contributed by atoms with Crippen LogP contribution in [0.1, 0.15) is 18.4 Å². The summed E-state index contributed by atoms with van der Waals surface area (Å²) in [5.74, 6) is -0.283. The van der Waals surface area contributed by atoms with Gasteiger partial charge in [-0.3, -0.25) is 9.79 Å². The van der Waals surface area contributed by atoms with Crippen LogP contribution in [0.5, 0.6) is 5.75 Å². The Bertz CT molecular complexity index is 573. The lowest BCUT2D eigenvalue weighted by molar-refractivity contribution is -0.122. The van der Waals surface area contributed by atoms with E-state index >= 15 is 0 Å². The highest BCUT2D eigenvalue weighted by Gasteiger charge is 2.19. The first-order valence-electron chi connectivity index (χ1n) is 6.09. The number of hydrazone groups is 1. The molecule has 1 heterocycles. The van der Waals surface area contributed by atoms with Gasteiger partial charge in [-0.1, -0.05) is 23.2 Å². The number of rotatable bonds is 5. The number of hydrogen-bond acceptors (Lipinski definition) is 4. The van der Waals surface area contributed by atoms with Gasteiger partial charge in [-0.05, 0) is 25.0 Å². The summed E-state index contributed by atoms with van der Waals surface area (Å²) in [4.78, 5) is 15.4. The maximum atomic E-state index is 11.2. The van der Waals surface area contributed by atoms with Crippen molar-refractivity contribution >= 4 is 41.5 Å². The number of carbonyl (C=O) groups is 1. The largest absolute Gasteiger partial charge is 0.506 e. The molecule has 5 nitrogen and oxygen atoms in total. The lowest BCUT2D eigenvalue weighted by Crippen LogP contribution is -2.19. The zero-order valence-corrected chi connectivity index (χ0v) is 12.0. The molecule has 1 atom stereocenters. The predicted molar refractivity (Wildman–Crippen MR) is 79.9 cm³/mol. The van der Waals surface area contributed by atoms with Crippen LogP contribution in [-0.4, -0.2) is 30.0 Å². The van der Waals surface area contributed by atoms with Crippen LogP contribution in [0.3, 0.4) is 0 Å². The van der Waals surface area contributed by atoms with Gasteiger partial charge in [0.15, 0.2) is 0 Å². The summed E-state index contributed by atoms with van der Waals surface area (Å²) in [6.07, 6.45) is 4.56. The van der Waals surface area contributed by atoms with Crippen molar-refractivity contribution in [2.24, 2.45) is 16.0 Å². The molecule has 0 bridgehead atoms. The Labute approximate surface area is 126 Å². The van der Waals surface area contributed by atoms with Gasteiger partial charge < -0.3 is 5.11 Å². The zero-order chi connectivity index (χ0) is 14.5. The number of phenols is 1. The SMILES string of the molecule is O=C1NN=CC1CCCN=Cc1cc(Cl)cc(Cl)c1O. The van der Waals surface area contributed by atoms with Gasteiger partial charge in [-0.25, -0.2) is 5.43 Å². The zero-order valence-electron chi connectivity index (χ0n) is 10.5. The lowest BCUT2D eigenvalue weighted by Gasteiger charge is -2.03. The van der Waals surface area contributed by atoms with Gasteiger partial charge in [0.1, 0.15) is 5.75 Å². The summed E-state index contributed by atoms with van der Waals surface area (Å²) in [7, 11) is 0. The fourth-order valence-corrected chi connectivity index (χ4v) is 2.31. The Morgan fingerprint density at radius 3 is 2.95 bits per heavy atom. The molecule has 0 fully saturated rings. The Morgan fingerprint density at radius 2 is 2.25 bits per heavy atom. The third kappa shape index (κ3) is 3.71. The van der Waals surface area contributed by atoms with Gasteiger partial charge >= 0.3 is 0 Å². The van der Waals surface area contributed by atoms with E-state index in [0.717, 1.165) is 6.42 Å². The highest BCUT2D eigenvalue weighted by molar-refractivity contribution is 6.36. The Hall–Kier alpha value is -1.59. The average Bonchev–Trinajstić information content (AvgIpc) is 2.80. The first kappa shape index (κ1) is 14.8. The van der Waals surface area contributed by atoms with Crippen LogP contribution in [0.2, 0.25) is 10.0 Å². The maximum Gasteiger partial charge on any atom is 0.248 e. The molecule has 0 radical (unpaired) electrons. The van der Waals surface area contributed by atoms with Gasteiger partial charge in [0.25, 0.3) is 0 Å². The quantitative estimate of drug-likeness (QED) is 0.647. The number of amides is 1. The Morgan fingerprint density at radius 1 is 1.45 bits per heavy atom. The summed E-state index contributed by atoms with van der Waals surface area (Å²) < 4.78 is 0. The number of nitrogens with one attached hydrogen (secondary N) is 1. The summed E-state index contributed by atoms with van der Waals surface area (Å²) in [6, 6.07) is 3.05. The molecule has 0 spiro atoms. The second-order valence-electron chi connectivity index (χ2n) is 4.36. The summed E-state index contributed by atoms with van der Waals surface area (Å²) in [5, 5.41) is 14.1. The molecule has 1 aromatic carbocycles. The average molecular weight is 314 g/mol. The summed E-state index contributed by atoms with van der Waals surface area (Å²) in [5.41, 5.74) is 2.86. The molecule has 1 aromatic rings. The Balaban J connectivity index is 1.85. The number of hydrogen-bond donors (Lipinski definition) is 2. The van der Waals surface area contributed by atoms with E-state index in [0.29, 0.717) is 23.6 Å². The van der Waals surface area contributed by atoms with Crippen LogP contribution >= 0.6 is 23.2 Å². The van der Waals surface area contributed by atoms with Crippen molar-refractivity contribution in [1.29, 1.82) is 0 Å². The van der Waals surface area contributed by atoms with E-state index in [1.54, 1.807) is 12.3 Å². The van der Waals surface area contributed by atoms with Gasteiger partial charge in [-0.15, -0.1) is 0 Å². The maximum absolute atomic E-state index is 11.2. The van der Waals surface area contributed by atoms with Crippen molar-refractivity contribution in [1.82, 2.24) is 5.43 Å². The van der Waals surface area contributed by atoms with Crippen molar-refractivity contribution in [3.05, 3.63) is 27.7 Å². The van der Waals surface area contributed by atoms with Gasteiger partial charge in [0.2, 0.25) is 5.91 Å². The van der Waals surface area contributed by atoms with Gasteiger partial charge in [0, 0.05) is 29.6 Å². The molecule has 1 unspecified atom stereocenters. The number of benzene rings is 1. The van der Waals surface area contributed by atoms with Gasteiger partial charge in [-0.2, -0.15) is 5.10 Å². The van der Waals surface area contributed by atoms with Crippen LogP contribution in [0.25, 0.3) is 0 Å². The Kier molecular flexibility index (Phi) is 4.98. The van der Waals surface area contributed by atoms with Crippen molar-refractivity contribution in [3.8, 4) is 5.75 Å². The van der Waals surface area contributed by atoms with E-state index in [2.05, 4.69) is 15.5 Å². The number of halogens is 2. The second kappa shape index (κ2) is 6.72. The molecule has 1 amide bonds. The molecule has 2 N–H and O–H groups in total. The lowest BCUT2D eigenvalue weighted by atomic mass is 10.1. The monoisotopic (exact) mass is 313 g/mol. The molecular formula is C13H13Cl2N3O2. The molecule has 7 heteroatoms. The molecule has 0 saturated carbocycles. The van der Waals surface area contributed by atoms with E-state index in [4.69, 9.17) is 23.2 Å². The number of aliphatic imine (C=N–C) groups is 1. The first-order valence-corrected chi connectivity index (χ1v) is 6.84. The third-order valence-corrected chi connectivity index (χ3v) is 3.36. The van der Waals surface area contributed by atoms with E-state index in [1.165, 1.54) is 12.3 Å². The fraction of sp³-hybridized carbons (Fsp3) is 0.308. The highest BCUT2D eigenvalue weighted by Crippen LogP contribution is 2.29. The van der Waals surface area contributed by atoms with Crippen LogP contribution < -0.4 is 5.43 Å². The number of phenolic OH excluding ortho intramolecular Hbond substituents is 1. The van der Waals surface area contributed by atoms with Crippen LogP contribution in [-0.2, 0) is 4.79 Å². The number of carbonyl (C=O) groups excluding carboxylic acids is 1. The number of aromatic hydroxyl groups is 1. The van der Waals surface area contributed by atoms with Crippen LogP contribution in [0.4, 0.5) is 0 Å². The molecule has 106 valence electrons.